The van der Waals surface area contributed by atoms with Crippen LogP contribution in [-0.2, 0) is 9.59 Å². The third-order valence-corrected chi connectivity index (χ3v) is 4.83. The van der Waals surface area contributed by atoms with E-state index < -0.39 is 36.2 Å². The summed E-state index contributed by atoms with van der Waals surface area (Å²) in [5, 5.41) is 7.53. The lowest BCUT2D eigenvalue weighted by Crippen LogP contribution is -2.46. The largest absolute Gasteiger partial charge is 0.401 e. The minimum absolute atomic E-state index is 0.124. The number of nitrogens with one attached hydrogen (secondary N) is 4. The predicted octanol–water partition coefficient (Wildman–Crippen LogP) is 2.96. The molecule has 1 fully saturated rings. The SMILES string of the molecule is O=C(Nc1c[nH]c2cc(F)c(F)cc12)C(=O)NC1CCC(NCC(F)(F)F)CC1. The third kappa shape index (κ3) is 5.43. The molecule has 11 heteroatoms. The lowest BCUT2D eigenvalue weighted by Gasteiger charge is -2.29. The Morgan fingerprint density at radius 1 is 1.00 bits per heavy atom. The van der Waals surface area contributed by atoms with E-state index in [0.717, 1.165) is 12.1 Å². The lowest BCUT2D eigenvalue weighted by atomic mass is 9.91. The zero-order chi connectivity index (χ0) is 21.2. The van der Waals surface area contributed by atoms with Crippen molar-refractivity contribution in [3.63, 3.8) is 0 Å². The fraction of sp³-hybridized carbons (Fsp3) is 0.444. The van der Waals surface area contributed by atoms with E-state index in [4.69, 9.17) is 0 Å². The number of carbonyl (C=O) groups is 2. The number of anilines is 1. The molecule has 1 aliphatic carbocycles. The molecule has 6 nitrogen and oxygen atoms in total. The van der Waals surface area contributed by atoms with Crippen LogP contribution in [0.25, 0.3) is 10.9 Å². The van der Waals surface area contributed by atoms with Gasteiger partial charge in [-0.3, -0.25) is 9.59 Å². The zero-order valence-electron chi connectivity index (χ0n) is 15.1. The monoisotopic (exact) mass is 418 g/mol. The first-order chi connectivity index (χ1) is 13.6. The van der Waals surface area contributed by atoms with Crippen molar-refractivity contribution in [3.8, 4) is 0 Å². The van der Waals surface area contributed by atoms with Gasteiger partial charge in [0.15, 0.2) is 11.6 Å². The van der Waals surface area contributed by atoms with E-state index in [1.165, 1.54) is 6.20 Å². The number of rotatable bonds is 4. The van der Waals surface area contributed by atoms with Crippen LogP contribution in [0.2, 0.25) is 0 Å². The van der Waals surface area contributed by atoms with Crippen molar-refractivity contribution in [2.45, 2.75) is 43.9 Å². The van der Waals surface area contributed by atoms with Gasteiger partial charge in [-0.25, -0.2) is 8.78 Å². The van der Waals surface area contributed by atoms with Crippen molar-refractivity contribution in [2.75, 3.05) is 11.9 Å². The minimum Gasteiger partial charge on any atom is -0.359 e. The fourth-order valence-corrected chi connectivity index (χ4v) is 3.35. The van der Waals surface area contributed by atoms with Gasteiger partial charge >= 0.3 is 18.0 Å². The number of hydrogen-bond donors (Lipinski definition) is 4. The van der Waals surface area contributed by atoms with Crippen LogP contribution < -0.4 is 16.0 Å². The molecule has 0 spiro atoms. The van der Waals surface area contributed by atoms with Gasteiger partial charge in [0.2, 0.25) is 0 Å². The van der Waals surface area contributed by atoms with Crippen molar-refractivity contribution in [2.24, 2.45) is 0 Å². The molecule has 0 radical (unpaired) electrons. The van der Waals surface area contributed by atoms with Crippen LogP contribution in [0.5, 0.6) is 0 Å². The number of aromatic amines is 1. The molecule has 1 aromatic heterocycles. The van der Waals surface area contributed by atoms with Crippen molar-refractivity contribution in [1.82, 2.24) is 15.6 Å². The second kappa shape index (κ2) is 8.36. The molecule has 3 rings (SSSR count). The quantitative estimate of drug-likeness (QED) is 0.455. The van der Waals surface area contributed by atoms with Crippen molar-refractivity contribution < 1.29 is 31.5 Å². The van der Waals surface area contributed by atoms with Crippen LogP contribution in [0, 0.1) is 11.6 Å². The van der Waals surface area contributed by atoms with E-state index in [1.807, 2.05) is 0 Å². The number of carbonyl (C=O) groups excluding carboxylic acids is 2. The second-order valence-electron chi connectivity index (χ2n) is 6.99. The van der Waals surface area contributed by atoms with Gasteiger partial charge in [-0.05, 0) is 31.7 Å². The Morgan fingerprint density at radius 2 is 1.62 bits per heavy atom. The number of benzene rings is 1. The van der Waals surface area contributed by atoms with E-state index in [0.29, 0.717) is 25.7 Å². The maximum atomic E-state index is 13.4. The van der Waals surface area contributed by atoms with E-state index in [-0.39, 0.29) is 28.7 Å². The van der Waals surface area contributed by atoms with Gasteiger partial charge in [0.25, 0.3) is 0 Å². The normalized spacial score (nSPS) is 19.9. The van der Waals surface area contributed by atoms with Crippen LogP contribution in [0.3, 0.4) is 0 Å². The molecular weight excluding hydrogens is 399 g/mol. The highest BCUT2D eigenvalue weighted by atomic mass is 19.4. The van der Waals surface area contributed by atoms with Crippen molar-refractivity contribution in [3.05, 3.63) is 30.0 Å². The Balaban J connectivity index is 1.50. The summed E-state index contributed by atoms with van der Waals surface area (Å²) >= 11 is 0. The van der Waals surface area contributed by atoms with Gasteiger partial charge in [-0.2, -0.15) is 13.2 Å². The van der Waals surface area contributed by atoms with Gasteiger partial charge in [-0.15, -0.1) is 0 Å². The molecule has 0 unspecified atom stereocenters. The van der Waals surface area contributed by atoms with Crippen LogP contribution >= 0.6 is 0 Å². The van der Waals surface area contributed by atoms with Gasteiger partial charge in [-0.1, -0.05) is 0 Å². The number of aromatic nitrogens is 1. The van der Waals surface area contributed by atoms with E-state index >= 15 is 0 Å². The second-order valence-corrected chi connectivity index (χ2v) is 6.99. The Kier molecular flexibility index (Phi) is 6.06. The van der Waals surface area contributed by atoms with Crippen molar-refractivity contribution in [1.29, 1.82) is 0 Å². The summed E-state index contributed by atoms with van der Waals surface area (Å²) < 4.78 is 63.4. The Hall–Kier alpha value is -2.69. The van der Waals surface area contributed by atoms with E-state index in [2.05, 4.69) is 20.9 Å². The van der Waals surface area contributed by atoms with Crippen LogP contribution in [0.4, 0.5) is 27.6 Å². The molecule has 0 bridgehead atoms. The number of H-pyrrole nitrogens is 1. The average molecular weight is 418 g/mol. The summed E-state index contributed by atoms with van der Waals surface area (Å²) in [7, 11) is 0. The molecule has 0 aliphatic heterocycles. The number of alkyl halides is 3. The summed E-state index contributed by atoms with van der Waals surface area (Å²) in [6, 6.07) is 1.22. The topological polar surface area (TPSA) is 86.0 Å². The number of fused-ring (bicyclic) bond motifs is 1. The van der Waals surface area contributed by atoms with E-state index in [1.54, 1.807) is 0 Å². The zero-order valence-corrected chi connectivity index (χ0v) is 15.1. The molecule has 0 atom stereocenters. The Bertz CT molecular complexity index is 904. The maximum absolute atomic E-state index is 13.4. The first kappa shape index (κ1) is 21.0. The standard InChI is InChI=1S/C18H19F5N4O2/c19-12-5-11-14(6-13(12)20)24-7-15(11)27-17(29)16(28)26-10-3-1-9(2-4-10)25-8-18(21,22)23/h5-7,9-10,24-25H,1-4,8H2,(H,26,28)(H,27,29). The van der Waals surface area contributed by atoms with Gasteiger partial charge in [0.1, 0.15) is 0 Å². The first-order valence-corrected chi connectivity index (χ1v) is 9.00. The fourth-order valence-electron chi connectivity index (χ4n) is 3.35. The van der Waals surface area contributed by atoms with Gasteiger partial charge in [0, 0.05) is 29.7 Å². The summed E-state index contributed by atoms with van der Waals surface area (Å²) in [4.78, 5) is 26.9. The summed E-state index contributed by atoms with van der Waals surface area (Å²) in [5.74, 6) is -4.02. The smallest absolute Gasteiger partial charge is 0.359 e. The molecule has 1 saturated carbocycles. The highest BCUT2D eigenvalue weighted by Crippen LogP contribution is 2.25. The number of amides is 2. The molecule has 2 amide bonds. The molecule has 2 aromatic rings. The maximum Gasteiger partial charge on any atom is 0.401 e. The van der Waals surface area contributed by atoms with Gasteiger partial charge < -0.3 is 20.9 Å². The molecule has 29 heavy (non-hydrogen) atoms. The average Bonchev–Trinajstić information content (AvgIpc) is 3.02. The molecule has 1 aliphatic rings. The molecule has 4 N–H and O–H groups in total. The molecule has 0 saturated heterocycles. The molecule has 1 aromatic carbocycles. The highest BCUT2D eigenvalue weighted by Gasteiger charge is 2.30. The number of hydrogen-bond acceptors (Lipinski definition) is 3. The summed E-state index contributed by atoms with van der Waals surface area (Å²) in [6.07, 6.45) is -1.21. The third-order valence-electron chi connectivity index (χ3n) is 4.83. The lowest BCUT2D eigenvalue weighted by molar-refractivity contribution is -0.136. The van der Waals surface area contributed by atoms with Gasteiger partial charge in [0.05, 0.1) is 17.7 Å². The Labute approximate surface area is 162 Å². The van der Waals surface area contributed by atoms with E-state index in [9.17, 15) is 31.5 Å². The molecule has 158 valence electrons. The molecule has 1 heterocycles. The number of halogens is 5. The van der Waals surface area contributed by atoms with Crippen molar-refractivity contribution >= 4 is 28.4 Å². The van der Waals surface area contributed by atoms with Crippen LogP contribution in [0.1, 0.15) is 25.7 Å². The Morgan fingerprint density at radius 3 is 2.28 bits per heavy atom. The first-order valence-electron chi connectivity index (χ1n) is 9.00. The highest BCUT2D eigenvalue weighted by molar-refractivity contribution is 6.40. The summed E-state index contributed by atoms with van der Waals surface area (Å²) in [6.45, 7) is -1.06. The molecular formula is C18H19F5N4O2. The minimum atomic E-state index is -4.28. The predicted molar refractivity (Wildman–Crippen MR) is 95.1 cm³/mol. The summed E-state index contributed by atoms with van der Waals surface area (Å²) in [5.41, 5.74) is 0.378. The van der Waals surface area contributed by atoms with Crippen LogP contribution in [0.15, 0.2) is 18.3 Å². The van der Waals surface area contributed by atoms with Crippen LogP contribution in [-0.4, -0.2) is 41.6 Å².